The molecule has 0 aliphatic carbocycles. The minimum atomic E-state index is 0.413. The van der Waals surface area contributed by atoms with Gasteiger partial charge < -0.3 is 11.1 Å². The molecular weight excluding hydrogens is 222 g/mol. The predicted molar refractivity (Wildman–Crippen MR) is 78.8 cm³/mol. The number of benzene rings is 1. The molecule has 1 aromatic heterocycles. The zero-order chi connectivity index (χ0) is 13.3. The third-order valence-corrected chi connectivity index (χ3v) is 3.34. The van der Waals surface area contributed by atoms with Crippen LogP contribution >= 0.6 is 0 Å². The van der Waals surface area contributed by atoms with Gasteiger partial charge in [0.1, 0.15) is 0 Å². The van der Waals surface area contributed by atoms with Crippen molar-refractivity contribution >= 4 is 22.3 Å². The van der Waals surface area contributed by atoms with Crippen molar-refractivity contribution in [3.63, 3.8) is 0 Å². The fraction of sp³-hybridized carbons (Fsp3) is 0.400. The lowest BCUT2D eigenvalue weighted by Gasteiger charge is -2.20. The van der Waals surface area contributed by atoms with Crippen LogP contribution in [0.4, 0.5) is 11.4 Å². The number of aromatic nitrogens is 1. The summed E-state index contributed by atoms with van der Waals surface area (Å²) in [4.78, 5) is 4.53. The molecule has 2 rings (SSSR count). The van der Waals surface area contributed by atoms with Crippen molar-refractivity contribution in [2.24, 2.45) is 5.92 Å². The summed E-state index contributed by atoms with van der Waals surface area (Å²) in [7, 11) is 0. The predicted octanol–water partition coefficient (Wildman–Crippen LogP) is 3.58. The van der Waals surface area contributed by atoms with Crippen molar-refractivity contribution in [2.45, 2.75) is 33.7 Å². The maximum atomic E-state index is 5.87. The average molecular weight is 243 g/mol. The van der Waals surface area contributed by atoms with Gasteiger partial charge in [-0.05, 0) is 44.0 Å². The van der Waals surface area contributed by atoms with Gasteiger partial charge in [0.15, 0.2) is 0 Å². The van der Waals surface area contributed by atoms with Crippen molar-refractivity contribution in [3.8, 4) is 0 Å². The highest BCUT2D eigenvalue weighted by molar-refractivity contribution is 5.93. The third kappa shape index (κ3) is 2.55. The molecule has 0 saturated heterocycles. The quantitative estimate of drug-likeness (QED) is 0.810. The van der Waals surface area contributed by atoms with E-state index in [-0.39, 0.29) is 0 Å². The number of hydrogen-bond donors (Lipinski definition) is 2. The molecule has 0 amide bonds. The first kappa shape index (κ1) is 12.7. The van der Waals surface area contributed by atoms with Crippen LogP contribution in [0, 0.1) is 12.8 Å². The van der Waals surface area contributed by atoms with Crippen molar-refractivity contribution in [3.05, 3.63) is 30.0 Å². The lowest BCUT2D eigenvalue weighted by atomic mass is 10.0. The molecule has 2 aromatic rings. The number of nitrogens with one attached hydrogen (secondary N) is 1. The molecule has 0 aliphatic heterocycles. The highest BCUT2D eigenvalue weighted by Crippen LogP contribution is 2.26. The Labute approximate surface area is 108 Å². The van der Waals surface area contributed by atoms with Gasteiger partial charge in [0.25, 0.3) is 0 Å². The summed E-state index contributed by atoms with van der Waals surface area (Å²) in [6.07, 6.45) is 0. The first-order valence-electron chi connectivity index (χ1n) is 6.41. The first-order valence-corrected chi connectivity index (χ1v) is 6.41. The van der Waals surface area contributed by atoms with E-state index in [1.54, 1.807) is 0 Å². The van der Waals surface area contributed by atoms with Gasteiger partial charge in [-0.3, -0.25) is 4.98 Å². The minimum Gasteiger partial charge on any atom is -0.399 e. The van der Waals surface area contributed by atoms with E-state index in [1.165, 1.54) is 0 Å². The molecule has 1 atom stereocenters. The Hall–Kier alpha value is -1.77. The molecule has 0 saturated carbocycles. The van der Waals surface area contributed by atoms with Gasteiger partial charge in [0, 0.05) is 28.5 Å². The number of anilines is 2. The van der Waals surface area contributed by atoms with Gasteiger partial charge >= 0.3 is 0 Å². The van der Waals surface area contributed by atoms with E-state index in [2.05, 4.69) is 37.1 Å². The summed E-state index contributed by atoms with van der Waals surface area (Å²) in [6.45, 7) is 8.63. The van der Waals surface area contributed by atoms with E-state index >= 15 is 0 Å². The Bertz CT molecular complexity index is 561. The second-order valence-corrected chi connectivity index (χ2v) is 5.26. The summed E-state index contributed by atoms with van der Waals surface area (Å²) in [5.74, 6) is 0.578. The smallest absolute Gasteiger partial charge is 0.0727 e. The molecule has 0 aliphatic rings. The van der Waals surface area contributed by atoms with Crippen LogP contribution in [0.5, 0.6) is 0 Å². The van der Waals surface area contributed by atoms with Crippen LogP contribution in [0.15, 0.2) is 24.3 Å². The molecule has 1 heterocycles. The normalized spacial score (nSPS) is 12.9. The van der Waals surface area contributed by atoms with Gasteiger partial charge in [0.05, 0.1) is 5.52 Å². The van der Waals surface area contributed by atoms with Crippen LogP contribution in [0.3, 0.4) is 0 Å². The number of hydrogen-bond acceptors (Lipinski definition) is 3. The molecule has 1 aromatic carbocycles. The van der Waals surface area contributed by atoms with Gasteiger partial charge in [-0.15, -0.1) is 0 Å². The number of aryl methyl sites for hydroxylation is 1. The van der Waals surface area contributed by atoms with Crippen LogP contribution in [-0.2, 0) is 0 Å². The zero-order valence-corrected chi connectivity index (χ0v) is 11.5. The van der Waals surface area contributed by atoms with Gasteiger partial charge in [-0.25, -0.2) is 0 Å². The zero-order valence-electron chi connectivity index (χ0n) is 11.5. The monoisotopic (exact) mass is 243 g/mol. The lowest BCUT2D eigenvalue weighted by Crippen LogP contribution is -2.21. The third-order valence-electron chi connectivity index (χ3n) is 3.34. The van der Waals surface area contributed by atoms with Crippen LogP contribution in [0.1, 0.15) is 26.5 Å². The van der Waals surface area contributed by atoms with Crippen molar-refractivity contribution in [2.75, 3.05) is 11.1 Å². The Morgan fingerprint density at radius 1 is 1.17 bits per heavy atom. The van der Waals surface area contributed by atoms with E-state index < -0.39 is 0 Å². The number of rotatable bonds is 3. The molecule has 0 spiro atoms. The fourth-order valence-electron chi connectivity index (χ4n) is 1.91. The van der Waals surface area contributed by atoms with E-state index in [4.69, 9.17) is 5.73 Å². The first-order chi connectivity index (χ1) is 8.47. The Kier molecular flexibility index (Phi) is 3.41. The molecule has 18 heavy (non-hydrogen) atoms. The molecule has 0 bridgehead atoms. The van der Waals surface area contributed by atoms with Gasteiger partial charge in [-0.2, -0.15) is 0 Å². The van der Waals surface area contributed by atoms with Crippen LogP contribution < -0.4 is 11.1 Å². The summed E-state index contributed by atoms with van der Waals surface area (Å²) in [5.41, 5.74) is 9.76. The maximum absolute atomic E-state index is 5.87. The van der Waals surface area contributed by atoms with Gasteiger partial charge in [0.2, 0.25) is 0 Å². The van der Waals surface area contributed by atoms with E-state index in [1.807, 2.05) is 25.1 Å². The number of pyridine rings is 1. The number of nitrogens with two attached hydrogens (primary N) is 1. The van der Waals surface area contributed by atoms with Crippen molar-refractivity contribution in [1.29, 1.82) is 0 Å². The lowest BCUT2D eigenvalue weighted by molar-refractivity contribution is 0.560. The number of nitrogens with zero attached hydrogens (tertiary/aromatic N) is 1. The highest BCUT2D eigenvalue weighted by atomic mass is 14.9. The second-order valence-electron chi connectivity index (χ2n) is 5.26. The average Bonchev–Trinajstić information content (AvgIpc) is 2.29. The van der Waals surface area contributed by atoms with Crippen molar-refractivity contribution in [1.82, 2.24) is 4.98 Å². The SMILES string of the molecule is Cc1cc(NC(C)C(C)C)c2cc(N)ccc2n1. The molecule has 0 radical (unpaired) electrons. The highest BCUT2D eigenvalue weighted by Gasteiger charge is 2.10. The summed E-state index contributed by atoms with van der Waals surface area (Å²) in [6, 6.07) is 8.35. The van der Waals surface area contributed by atoms with Crippen LogP contribution in [0.25, 0.3) is 10.9 Å². The van der Waals surface area contributed by atoms with E-state index in [0.717, 1.165) is 28.0 Å². The molecule has 0 fully saturated rings. The summed E-state index contributed by atoms with van der Waals surface area (Å²) in [5, 5.41) is 4.65. The largest absolute Gasteiger partial charge is 0.399 e. The molecule has 96 valence electrons. The standard InChI is InChI=1S/C15H21N3/c1-9(2)11(4)18-15-7-10(3)17-14-6-5-12(16)8-13(14)15/h5-9,11H,16H2,1-4H3,(H,17,18). The summed E-state index contributed by atoms with van der Waals surface area (Å²) < 4.78 is 0. The topological polar surface area (TPSA) is 50.9 Å². The number of nitrogen functional groups attached to an aromatic ring is 1. The Balaban J connectivity index is 2.51. The molecule has 3 nitrogen and oxygen atoms in total. The molecule has 3 heteroatoms. The Morgan fingerprint density at radius 3 is 2.56 bits per heavy atom. The van der Waals surface area contributed by atoms with E-state index in [0.29, 0.717) is 12.0 Å². The second kappa shape index (κ2) is 4.84. The number of fused-ring (bicyclic) bond motifs is 1. The van der Waals surface area contributed by atoms with Crippen LogP contribution in [0.2, 0.25) is 0 Å². The summed E-state index contributed by atoms with van der Waals surface area (Å²) >= 11 is 0. The molecule has 3 N–H and O–H groups in total. The van der Waals surface area contributed by atoms with Crippen LogP contribution in [-0.4, -0.2) is 11.0 Å². The molecule has 1 unspecified atom stereocenters. The van der Waals surface area contributed by atoms with Gasteiger partial charge in [-0.1, -0.05) is 13.8 Å². The Morgan fingerprint density at radius 2 is 1.89 bits per heavy atom. The minimum absolute atomic E-state index is 0.413. The van der Waals surface area contributed by atoms with Crippen molar-refractivity contribution < 1.29 is 0 Å². The molecular formula is C15H21N3. The maximum Gasteiger partial charge on any atom is 0.0727 e. The fourth-order valence-corrected chi connectivity index (χ4v) is 1.91. The van der Waals surface area contributed by atoms with E-state index in [9.17, 15) is 0 Å².